The van der Waals surface area contributed by atoms with E-state index in [0.29, 0.717) is 18.1 Å². The Balaban J connectivity index is 1.32. The Morgan fingerprint density at radius 3 is 2.53 bits per heavy atom. The van der Waals surface area contributed by atoms with Crippen LogP contribution < -0.4 is 10.6 Å². The van der Waals surface area contributed by atoms with Crippen molar-refractivity contribution in [2.24, 2.45) is 0 Å². The van der Waals surface area contributed by atoms with E-state index in [0.717, 1.165) is 63.8 Å². The third-order valence-electron chi connectivity index (χ3n) is 6.90. The molecule has 1 aromatic carbocycles. The van der Waals surface area contributed by atoms with Crippen LogP contribution >= 0.6 is 0 Å². The summed E-state index contributed by atoms with van der Waals surface area (Å²) >= 11 is 0. The average Bonchev–Trinajstić information content (AvgIpc) is 3.18. The van der Waals surface area contributed by atoms with Gasteiger partial charge in [0.15, 0.2) is 5.82 Å². The van der Waals surface area contributed by atoms with Gasteiger partial charge in [0, 0.05) is 32.0 Å². The number of amides is 2. The molecule has 1 aromatic heterocycles. The van der Waals surface area contributed by atoms with Gasteiger partial charge in [0.05, 0.1) is 0 Å². The summed E-state index contributed by atoms with van der Waals surface area (Å²) in [7, 11) is 0. The van der Waals surface area contributed by atoms with Gasteiger partial charge in [0.25, 0.3) is 0 Å². The molecule has 2 N–H and O–H groups in total. The summed E-state index contributed by atoms with van der Waals surface area (Å²) in [5, 5.41) is 10.3. The molecule has 2 heterocycles. The van der Waals surface area contributed by atoms with Crippen LogP contribution in [0.2, 0.25) is 0 Å². The van der Waals surface area contributed by atoms with Gasteiger partial charge in [-0.15, -0.1) is 0 Å². The van der Waals surface area contributed by atoms with Crippen molar-refractivity contribution in [3.8, 4) is 0 Å². The zero-order valence-electron chi connectivity index (χ0n) is 20.3. The number of carbonyl (C=O) groups excluding carboxylic acids is 2. The molecule has 0 bridgehead atoms. The van der Waals surface area contributed by atoms with Crippen molar-refractivity contribution in [2.45, 2.75) is 89.6 Å². The zero-order valence-corrected chi connectivity index (χ0v) is 20.3. The number of aromatic nitrogens is 2. The van der Waals surface area contributed by atoms with Crippen molar-refractivity contribution in [3.05, 3.63) is 41.5 Å². The normalized spacial score (nSPS) is 18.7. The summed E-state index contributed by atoms with van der Waals surface area (Å²) in [6.07, 6.45) is 10.4. The fourth-order valence-corrected chi connectivity index (χ4v) is 5.19. The van der Waals surface area contributed by atoms with Crippen LogP contribution in [-0.4, -0.2) is 39.9 Å². The molecule has 0 atom stereocenters. The highest BCUT2D eigenvalue weighted by Crippen LogP contribution is 2.34. The first-order valence-electron chi connectivity index (χ1n) is 12.8. The van der Waals surface area contributed by atoms with E-state index in [1.165, 1.54) is 31.7 Å². The molecule has 4 rings (SSSR count). The fraction of sp³-hybridized carbons (Fsp3) is 0.615. The summed E-state index contributed by atoms with van der Waals surface area (Å²) in [5.41, 5.74) is 1.46. The van der Waals surface area contributed by atoms with Gasteiger partial charge in [-0.05, 0) is 56.5 Å². The maximum atomic E-state index is 12.6. The molecule has 0 spiro atoms. The number of aryl methyl sites for hydroxylation is 1. The quantitative estimate of drug-likeness (QED) is 0.561. The monoisotopic (exact) mass is 467 g/mol. The minimum atomic E-state index is -0.568. The highest BCUT2D eigenvalue weighted by atomic mass is 16.5. The SMILES string of the molecule is CC(=O)NC1(c2noc(CCC(=O)Nc3cccc(CN4CCCCC4)c3)n2)CCCCCC1. The van der Waals surface area contributed by atoms with Crippen LogP contribution in [-0.2, 0) is 28.1 Å². The molecule has 0 unspecified atom stereocenters. The maximum absolute atomic E-state index is 12.6. The van der Waals surface area contributed by atoms with E-state index in [1.54, 1.807) is 0 Å². The lowest BCUT2D eigenvalue weighted by Crippen LogP contribution is -2.45. The minimum Gasteiger partial charge on any atom is -0.343 e. The van der Waals surface area contributed by atoms with Crippen LogP contribution in [0.25, 0.3) is 0 Å². The second-order valence-corrected chi connectivity index (χ2v) is 9.77. The van der Waals surface area contributed by atoms with E-state index in [2.05, 4.69) is 37.8 Å². The number of nitrogens with one attached hydrogen (secondary N) is 2. The number of nitrogens with zero attached hydrogens (tertiary/aromatic N) is 3. The third-order valence-corrected chi connectivity index (χ3v) is 6.90. The molecule has 0 radical (unpaired) electrons. The highest BCUT2D eigenvalue weighted by molar-refractivity contribution is 5.90. The Labute approximate surface area is 201 Å². The van der Waals surface area contributed by atoms with Crippen LogP contribution in [0.5, 0.6) is 0 Å². The number of piperidine rings is 1. The number of likely N-dealkylation sites (tertiary alicyclic amines) is 1. The molecule has 1 saturated carbocycles. The van der Waals surface area contributed by atoms with Crippen molar-refractivity contribution in [1.82, 2.24) is 20.4 Å². The summed E-state index contributed by atoms with van der Waals surface area (Å²) in [6.45, 7) is 4.74. The number of benzene rings is 1. The molecule has 1 saturated heterocycles. The molecular formula is C26H37N5O3. The van der Waals surface area contributed by atoms with Crippen LogP contribution in [0.3, 0.4) is 0 Å². The van der Waals surface area contributed by atoms with E-state index in [9.17, 15) is 9.59 Å². The van der Waals surface area contributed by atoms with Gasteiger partial charge in [-0.2, -0.15) is 4.98 Å². The Morgan fingerprint density at radius 1 is 1.06 bits per heavy atom. The van der Waals surface area contributed by atoms with Crippen molar-refractivity contribution >= 4 is 17.5 Å². The van der Waals surface area contributed by atoms with Crippen LogP contribution in [0, 0.1) is 0 Å². The lowest BCUT2D eigenvalue weighted by Gasteiger charge is -2.30. The van der Waals surface area contributed by atoms with E-state index in [1.807, 2.05) is 12.1 Å². The Morgan fingerprint density at radius 2 is 1.79 bits per heavy atom. The predicted octanol–water partition coefficient (Wildman–Crippen LogP) is 4.31. The van der Waals surface area contributed by atoms with Gasteiger partial charge in [-0.25, -0.2) is 0 Å². The molecule has 8 heteroatoms. The molecule has 34 heavy (non-hydrogen) atoms. The average molecular weight is 468 g/mol. The summed E-state index contributed by atoms with van der Waals surface area (Å²) in [6, 6.07) is 8.09. The van der Waals surface area contributed by atoms with E-state index in [4.69, 9.17) is 4.52 Å². The van der Waals surface area contributed by atoms with Gasteiger partial charge >= 0.3 is 0 Å². The van der Waals surface area contributed by atoms with Crippen molar-refractivity contribution < 1.29 is 14.1 Å². The molecule has 184 valence electrons. The molecule has 1 aliphatic carbocycles. The highest BCUT2D eigenvalue weighted by Gasteiger charge is 2.38. The fourth-order valence-electron chi connectivity index (χ4n) is 5.19. The number of rotatable bonds is 8. The first kappa shape index (κ1) is 24.4. The molecule has 1 aliphatic heterocycles. The Kier molecular flexibility index (Phi) is 8.32. The summed E-state index contributed by atoms with van der Waals surface area (Å²) in [4.78, 5) is 31.5. The molecule has 2 amide bonds. The van der Waals surface area contributed by atoms with Crippen LogP contribution in [0.4, 0.5) is 5.69 Å². The second-order valence-electron chi connectivity index (χ2n) is 9.77. The molecular weight excluding hydrogens is 430 g/mol. The lowest BCUT2D eigenvalue weighted by atomic mass is 9.89. The van der Waals surface area contributed by atoms with E-state index < -0.39 is 5.54 Å². The van der Waals surface area contributed by atoms with Crippen LogP contribution in [0.15, 0.2) is 28.8 Å². The third kappa shape index (κ3) is 6.65. The smallest absolute Gasteiger partial charge is 0.227 e. The van der Waals surface area contributed by atoms with Crippen molar-refractivity contribution in [1.29, 1.82) is 0 Å². The van der Waals surface area contributed by atoms with Gasteiger partial charge < -0.3 is 15.2 Å². The molecule has 2 fully saturated rings. The zero-order chi connectivity index (χ0) is 23.8. The summed E-state index contributed by atoms with van der Waals surface area (Å²) in [5.74, 6) is 0.791. The second kappa shape index (κ2) is 11.6. The lowest BCUT2D eigenvalue weighted by molar-refractivity contribution is -0.121. The minimum absolute atomic E-state index is 0.0825. The first-order chi connectivity index (χ1) is 16.5. The van der Waals surface area contributed by atoms with Crippen molar-refractivity contribution in [3.63, 3.8) is 0 Å². The molecule has 2 aliphatic rings. The number of anilines is 1. The largest absolute Gasteiger partial charge is 0.343 e. The topological polar surface area (TPSA) is 100 Å². The van der Waals surface area contributed by atoms with Gasteiger partial charge in [-0.3, -0.25) is 14.5 Å². The molecule has 8 nitrogen and oxygen atoms in total. The Bertz CT molecular complexity index is 959. The van der Waals surface area contributed by atoms with Gasteiger partial charge in [-0.1, -0.05) is 49.4 Å². The van der Waals surface area contributed by atoms with Crippen LogP contribution in [0.1, 0.15) is 88.4 Å². The number of hydrogen-bond donors (Lipinski definition) is 2. The molecule has 2 aromatic rings. The van der Waals surface area contributed by atoms with E-state index >= 15 is 0 Å². The van der Waals surface area contributed by atoms with Gasteiger partial charge in [0.1, 0.15) is 5.54 Å². The first-order valence-corrected chi connectivity index (χ1v) is 12.8. The van der Waals surface area contributed by atoms with Gasteiger partial charge in [0.2, 0.25) is 17.7 Å². The Hall–Kier alpha value is -2.74. The van der Waals surface area contributed by atoms with E-state index in [-0.39, 0.29) is 18.2 Å². The van der Waals surface area contributed by atoms with Crippen molar-refractivity contribution in [2.75, 3.05) is 18.4 Å². The predicted molar refractivity (Wildman–Crippen MR) is 130 cm³/mol. The number of carbonyl (C=O) groups is 2. The standard InChI is InChI=1S/C26H37N5O3/c1-20(32)29-26(14-5-2-3-6-15-26)25-28-24(34-30-25)13-12-23(33)27-22-11-9-10-21(18-22)19-31-16-7-4-8-17-31/h9-11,18H,2-8,12-17,19H2,1H3,(H,27,33)(H,29,32). The summed E-state index contributed by atoms with van der Waals surface area (Å²) < 4.78 is 5.47. The maximum Gasteiger partial charge on any atom is 0.227 e. The number of hydrogen-bond acceptors (Lipinski definition) is 6.